The highest BCUT2D eigenvalue weighted by Gasteiger charge is 2.19. The number of ether oxygens (including phenoxy) is 1. The molecule has 3 heteroatoms. The van der Waals surface area contributed by atoms with Gasteiger partial charge in [-0.3, -0.25) is 4.79 Å². The van der Waals surface area contributed by atoms with Crippen molar-refractivity contribution in [3.63, 3.8) is 0 Å². The maximum Gasteiger partial charge on any atom is 0.309 e. The Balaban J connectivity index is 2.54. The average molecular weight is 474 g/mol. The molecule has 1 aromatic carbocycles. The molecule has 1 aromatic rings. The van der Waals surface area contributed by atoms with E-state index in [2.05, 4.69) is 57.3 Å². The van der Waals surface area contributed by atoms with Gasteiger partial charge in [-0.05, 0) is 43.4 Å². The number of rotatable bonds is 22. The van der Waals surface area contributed by atoms with E-state index in [4.69, 9.17) is 4.74 Å². The molecule has 0 fully saturated rings. The van der Waals surface area contributed by atoms with Gasteiger partial charge in [0.15, 0.2) is 0 Å². The highest BCUT2D eigenvalue weighted by Crippen LogP contribution is 2.22. The lowest BCUT2D eigenvalue weighted by atomic mass is 9.94. The fraction of sp³-hybridized carbons (Fsp3) is 0.774. The van der Waals surface area contributed by atoms with Crippen LogP contribution >= 0.6 is 0 Å². The van der Waals surface area contributed by atoms with Crippen molar-refractivity contribution in [1.82, 2.24) is 0 Å². The molecular weight excluding hydrogens is 418 g/mol. The third-order valence-electron chi connectivity index (χ3n) is 6.91. The summed E-state index contributed by atoms with van der Waals surface area (Å²) in [6, 6.07) is 9.06. The molecule has 1 unspecified atom stereocenters. The van der Waals surface area contributed by atoms with E-state index in [-0.39, 0.29) is 11.9 Å². The molecule has 0 aliphatic heterocycles. The van der Waals surface area contributed by atoms with Crippen LogP contribution in [-0.4, -0.2) is 12.0 Å². The summed E-state index contributed by atoms with van der Waals surface area (Å²) in [5, 5.41) is 3.74. The van der Waals surface area contributed by atoms with Crippen molar-refractivity contribution in [3.05, 3.63) is 29.8 Å². The molecule has 0 bridgehead atoms. The van der Waals surface area contributed by atoms with Crippen LogP contribution in [0, 0.1) is 5.92 Å². The van der Waals surface area contributed by atoms with E-state index in [0.29, 0.717) is 12.6 Å². The zero-order valence-corrected chi connectivity index (χ0v) is 23.0. The van der Waals surface area contributed by atoms with Crippen molar-refractivity contribution in [2.75, 3.05) is 5.32 Å². The number of benzene rings is 1. The van der Waals surface area contributed by atoms with Crippen molar-refractivity contribution in [2.24, 2.45) is 5.92 Å². The molecule has 0 radical (unpaired) electrons. The Morgan fingerprint density at radius 2 is 1.18 bits per heavy atom. The molecule has 3 nitrogen and oxygen atoms in total. The minimum absolute atomic E-state index is 0.00533. The standard InChI is InChI=1S/C31H55NO2/c1-5-9-13-16-18-28(19-17-14-10-6-2)31(33)34-26-27-22-24-30(25-23-27)32-29(20-12-8-4)21-15-11-7-3/h22-25,28-29,32H,5-21,26H2,1-4H3. The number of hydrogen-bond donors (Lipinski definition) is 1. The molecule has 0 saturated heterocycles. The summed E-state index contributed by atoms with van der Waals surface area (Å²) in [5.41, 5.74) is 2.25. The second-order valence-electron chi connectivity index (χ2n) is 10.2. The summed E-state index contributed by atoms with van der Waals surface area (Å²) in [7, 11) is 0. The van der Waals surface area contributed by atoms with E-state index in [1.165, 1.54) is 89.2 Å². The number of carbonyl (C=O) groups is 1. The zero-order chi connectivity index (χ0) is 24.9. The molecule has 0 amide bonds. The van der Waals surface area contributed by atoms with Crippen molar-refractivity contribution in [2.45, 2.75) is 149 Å². The number of nitrogens with one attached hydrogen (secondary N) is 1. The molecule has 0 spiro atoms. The predicted octanol–water partition coefficient (Wildman–Crippen LogP) is 9.84. The summed E-state index contributed by atoms with van der Waals surface area (Å²) < 4.78 is 5.78. The number of hydrogen-bond acceptors (Lipinski definition) is 3. The molecule has 1 rings (SSSR count). The van der Waals surface area contributed by atoms with Crippen LogP contribution in [0.25, 0.3) is 0 Å². The molecule has 1 N–H and O–H groups in total. The molecule has 196 valence electrons. The van der Waals surface area contributed by atoms with E-state index in [1.807, 2.05) is 0 Å². The Hall–Kier alpha value is -1.51. The van der Waals surface area contributed by atoms with Gasteiger partial charge in [0.05, 0.1) is 5.92 Å². The molecular formula is C31H55NO2. The first-order valence-electron chi connectivity index (χ1n) is 14.7. The molecule has 0 aliphatic rings. The Kier molecular flexibility index (Phi) is 18.7. The highest BCUT2D eigenvalue weighted by molar-refractivity contribution is 5.72. The first-order valence-corrected chi connectivity index (χ1v) is 14.7. The maximum absolute atomic E-state index is 12.8. The first-order chi connectivity index (χ1) is 16.6. The lowest BCUT2D eigenvalue weighted by Gasteiger charge is -2.20. The van der Waals surface area contributed by atoms with Crippen molar-refractivity contribution < 1.29 is 9.53 Å². The van der Waals surface area contributed by atoms with Gasteiger partial charge in [0.25, 0.3) is 0 Å². The smallest absolute Gasteiger partial charge is 0.309 e. The van der Waals surface area contributed by atoms with Crippen LogP contribution in [-0.2, 0) is 16.1 Å². The van der Waals surface area contributed by atoms with Crippen molar-refractivity contribution >= 4 is 11.7 Å². The van der Waals surface area contributed by atoms with Gasteiger partial charge < -0.3 is 10.1 Å². The third-order valence-corrected chi connectivity index (χ3v) is 6.91. The number of carbonyl (C=O) groups excluding carboxylic acids is 1. The predicted molar refractivity (Wildman–Crippen MR) is 148 cm³/mol. The van der Waals surface area contributed by atoms with Crippen LogP contribution in [0.1, 0.15) is 142 Å². The van der Waals surface area contributed by atoms with Crippen molar-refractivity contribution in [1.29, 1.82) is 0 Å². The molecule has 0 heterocycles. The number of anilines is 1. The second kappa shape index (κ2) is 20.8. The van der Waals surface area contributed by atoms with E-state index >= 15 is 0 Å². The topological polar surface area (TPSA) is 38.3 Å². The quantitative estimate of drug-likeness (QED) is 0.134. The SMILES string of the molecule is CCCCCCC(CCCCCC)C(=O)OCc1ccc(NC(CCCC)CCCCC)cc1. The van der Waals surface area contributed by atoms with Gasteiger partial charge in [-0.25, -0.2) is 0 Å². The van der Waals surface area contributed by atoms with Crippen LogP contribution in [0.15, 0.2) is 24.3 Å². The number of esters is 1. The zero-order valence-electron chi connectivity index (χ0n) is 23.0. The average Bonchev–Trinajstić information content (AvgIpc) is 2.85. The fourth-order valence-electron chi connectivity index (χ4n) is 4.60. The van der Waals surface area contributed by atoms with Gasteiger partial charge in [-0.2, -0.15) is 0 Å². The first kappa shape index (κ1) is 30.5. The Labute approximate surface area is 211 Å². The largest absolute Gasteiger partial charge is 0.461 e. The summed E-state index contributed by atoms with van der Waals surface area (Å²) in [5.74, 6) is 0.0721. The Morgan fingerprint density at radius 3 is 1.74 bits per heavy atom. The molecule has 1 atom stereocenters. The van der Waals surface area contributed by atoms with Crippen LogP contribution < -0.4 is 5.32 Å². The molecule has 34 heavy (non-hydrogen) atoms. The van der Waals surface area contributed by atoms with E-state index < -0.39 is 0 Å². The lowest BCUT2D eigenvalue weighted by molar-refractivity contribution is -0.150. The van der Waals surface area contributed by atoms with Gasteiger partial charge in [0.2, 0.25) is 0 Å². The number of unbranched alkanes of at least 4 members (excludes halogenated alkanes) is 9. The summed E-state index contributed by atoms with van der Waals surface area (Å²) >= 11 is 0. The maximum atomic E-state index is 12.8. The van der Waals surface area contributed by atoms with Crippen molar-refractivity contribution in [3.8, 4) is 0 Å². The molecule has 0 saturated carbocycles. The van der Waals surface area contributed by atoms with Gasteiger partial charge in [-0.15, -0.1) is 0 Å². The molecule has 0 aromatic heterocycles. The summed E-state index contributed by atoms with van der Waals surface area (Å²) in [6.07, 6.45) is 20.5. The van der Waals surface area contributed by atoms with Gasteiger partial charge in [0.1, 0.15) is 6.61 Å². The van der Waals surface area contributed by atoms with Gasteiger partial charge in [0, 0.05) is 11.7 Å². The highest BCUT2D eigenvalue weighted by atomic mass is 16.5. The van der Waals surface area contributed by atoms with E-state index in [0.717, 1.165) is 31.2 Å². The lowest BCUT2D eigenvalue weighted by Crippen LogP contribution is -2.19. The fourth-order valence-corrected chi connectivity index (χ4v) is 4.60. The van der Waals surface area contributed by atoms with Crippen LogP contribution in [0.3, 0.4) is 0 Å². The van der Waals surface area contributed by atoms with Crippen LogP contribution in [0.4, 0.5) is 5.69 Å². The third kappa shape index (κ3) is 14.7. The second-order valence-corrected chi connectivity index (χ2v) is 10.2. The summed E-state index contributed by atoms with van der Waals surface area (Å²) in [6.45, 7) is 9.38. The minimum Gasteiger partial charge on any atom is -0.461 e. The Bertz CT molecular complexity index is 586. The van der Waals surface area contributed by atoms with Crippen LogP contribution in [0.2, 0.25) is 0 Å². The Morgan fingerprint density at radius 1 is 0.676 bits per heavy atom. The van der Waals surface area contributed by atoms with Gasteiger partial charge >= 0.3 is 5.97 Å². The van der Waals surface area contributed by atoms with E-state index in [9.17, 15) is 4.79 Å². The monoisotopic (exact) mass is 473 g/mol. The van der Waals surface area contributed by atoms with Crippen LogP contribution in [0.5, 0.6) is 0 Å². The summed E-state index contributed by atoms with van der Waals surface area (Å²) in [4.78, 5) is 12.8. The van der Waals surface area contributed by atoms with E-state index in [1.54, 1.807) is 0 Å². The molecule has 0 aliphatic carbocycles. The minimum atomic E-state index is 0.00533. The van der Waals surface area contributed by atoms with Gasteiger partial charge in [-0.1, -0.05) is 123 Å². The normalized spacial score (nSPS) is 12.1.